The Balaban J connectivity index is 1.53. The highest BCUT2D eigenvalue weighted by Crippen LogP contribution is 2.35. The number of aliphatic hydroxyl groups excluding tert-OH is 1. The summed E-state index contributed by atoms with van der Waals surface area (Å²) in [5.41, 5.74) is 0. The SMILES string of the molecule is O=C1C(N2CCC(C(O)C(F)(F)F)CC2)CCN1C1CC1. The van der Waals surface area contributed by atoms with Crippen molar-refractivity contribution in [3.8, 4) is 0 Å². The summed E-state index contributed by atoms with van der Waals surface area (Å²) in [5, 5.41) is 9.32. The molecule has 0 radical (unpaired) electrons. The minimum Gasteiger partial charge on any atom is -0.383 e. The Morgan fingerprint density at radius 2 is 1.67 bits per heavy atom. The Labute approximate surface area is 121 Å². The highest BCUT2D eigenvalue weighted by molar-refractivity contribution is 5.84. The largest absolute Gasteiger partial charge is 0.414 e. The van der Waals surface area contributed by atoms with Gasteiger partial charge in [0, 0.05) is 12.6 Å². The lowest BCUT2D eigenvalue weighted by Crippen LogP contribution is -2.49. The highest BCUT2D eigenvalue weighted by Gasteiger charge is 2.47. The van der Waals surface area contributed by atoms with Crippen molar-refractivity contribution in [1.29, 1.82) is 0 Å². The van der Waals surface area contributed by atoms with Crippen LogP contribution in [0, 0.1) is 5.92 Å². The topological polar surface area (TPSA) is 43.8 Å². The van der Waals surface area contributed by atoms with E-state index in [1.165, 1.54) is 0 Å². The van der Waals surface area contributed by atoms with E-state index in [0.717, 1.165) is 25.8 Å². The first-order valence-corrected chi connectivity index (χ1v) is 7.67. The van der Waals surface area contributed by atoms with Crippen molar-refractivity contribution < 1.29 is 23.1 Å². The molecule has 2 aliphatic heterocycles. The van der Waals surface area contributed by atoms with Gasteiger partial charge in [-0.2, -0.15) is 13.2 Å². The number of carbonyl (C=O) groups excluding carboxylic acids is 1. The average Bonchev–Trinajstić information content (AvgIpc) is 3.21. The van der Waals surface area contributed by atoms with Crippen molar-refractivity contribution in [2.45, 2.75) is 56.5 Å². The zero-order valence-electron chi connectivity index (χ0n) is 11.9. The summed E-state index contributed by atoms with van der Waals surface area (Å²) in [6.45, 7) is 1.71. The molecule has 1 N–H and O–H groups in total. The number of piperidine rings is 1. The average molecular weight is 306 g/mol. The zero-order valence-corrected chi connectivity index (χ0v) is 11.9. The Morgan fingerprint density at radius 1 is 1.05 bits per heavy atom. The fourth-order valence-corrected chi connectivity index (χ4v) is 3.59. The molecule has 0 aromatic rings. The molecule has 1 saturated carbocycles. The molecule has 1 aliphatic carbocycles. The van der Waals surface area contributed by atoms with Gasteiger partial charge < -0.3 is 10.0 Å². The van der Waals surface area contributed by atoms with Crippen molar-refractivity contribution in [2.24, 2.45) is 5.92 Å². The summed E-state index contributed by atoms with van der Waals surface area (Å²) in [5.74, 6) is -0.593. The van der Waals surface area contributed by atoms with Crippen LogP contribution in [0.2, 0.25) is 0 Å². The van der Waals surface area contributed by atoms with Crippen LogP contribution in [0.3, 0.4) is 0 Å². The van der Waals surface area contributed by atoms with Gasteiger partial charge in [-0.15, -0.1) is 0 Å². The van der Waals surface area contributed by atoms with E-state index in [2.05, 4.69) is 0 Å². The standard InChI is InChI=1S/C14H21F3N2O2/c15-14(16,17)12(20)9-3-6-18(7-4-9)11-5-8-19(13(11)21)10-1-2-10/h9-12,20H,1-8H2. The molecule has 3 rings (SSSR count). The van der Waals surface area contributed by atoms with Crippen LogP contribution in [0.5, 0.6) is 0 Å². The molecule has 2 atom stereocenters. The monoisotopic (exact) mass is 306 g/mol. The molecule has 3 fully saturated rings. The number of likely N-dealkylation sites (tertiary alicyclic amines) is 2. The lowest BCUT2D eigenvalue weighted by atomic mass is 9.90. The van der Waals surface area contributed by atoms with Gasteiger partial charge in [0.2, 0.25) is 5.91 Å². The van der Waals surface area contributed by atoms with Crippen LogP contribution in [0.1, 0.15) is 32.1 Å². The number of aliphatic hydroxyl groups is 1. The number of rotatable bonds is 3. The summed E-state index contributed by atoms with van der Waals surface area (Å²) < 4.78 is 37.5. The fraction of sp³-hybridized carbons (Fsp3) is 0.929. The second kappa shape index (κ2) is 5.43. The molecule has 0 aromatic carbocycles. The number of alkyl halides is 3. The third kappa shape index (κ3) is 3.04. The summed E-state index contributed by atoms with van der Waals surface area (Å²) >= 11 is 0. The predicted octanol–water partition coefficient (Wildman–Crippen LogP) is 1.38. The van der Waals surface area contributed by atoms with E-state index in [9.17, 15) is 23.1 Å². The molecule has 4 nitrogen and oxygen atoms in total. The maximum atomic E-state index is 12.5. The Hall–Kier alpha value is -0.820. The Bertz CT molecular complexity index is 404. The molecule has 21 heavy (non-hydrogen) atoms. The number of hydrogen-bond acceptors (Lipinski definition) is 3. The van der Waals surface area contributed by atoms with Crippen molar-refractivity contribution in [2.75, 3.05) is 19.6 Å². The molecule has 0 spiro atoms. The van der Waals surface area contributed by atoms with E-state index in [1.54, 1.807) is 0 Å². The molecule has 0 aromatic heterocycles. The maximum Gasteiger partial charge on any atom is 0.414 e. The van der Waals surface area contributed by atoms with Crippen LogP contribution >= 0.6 is 0 Å². The summed E-state index contributed by atoms with van der Waals surface area (Å²) in [7, 11) is 0. The minimum absolute atomic E-state index is 0.146. The van der Waals surface area contributed by atoms with Gasteiger partial charge >= 0.3 is 6.18 Å². The van der Waals surface area contributed by atoms with E-state index in [0.29, 0.717) is 32.0 Å². The van der Waals surface area contributed by atoms with Gasteiger partial charge in [-0.25, -0.2) is 0 Å². The van der Waals surface area contributed by atoms with Crippen LogP contribution in [-0.4, -0.2) is 64.8 Å². The number of halogens is 3. The van der Waals surface area contributed by atoms with Crippen molar-refractivity contribution >= 4 is 5.91 Å². The quantitative estimate of drug-likeness (QED) is 0.857. The van der Waals surface area contributed by atoms with E-state index in [4.69, 9.17) is 0 Å². The third-order valence-corrected chi connectivity index (χ3v) is 5.00. The third-order valence-electron chi connectivity index (χ3n) is 5.00. The predicted molar refractivity (Wildman–Crippen MR) is 69.5 cm³/mol. The van der Waals surface area contributed by atoms with Crippen molar-refractivity contribution in [3.05, 3.63) is 0 Å². The van der Waals surface area contributed by atoms with Gasteiger partial charge in [0.1, 0.15) is 0 Å². The Morgan fingerprint density at radius 3 is 2.19 bits per heavy atom. The first-order valence-electron chi connectivity index (χ1n) is 7.67. The molecule has 1 amide bonds. The zero-order chi connectivity index (χ0) is 15.2. The minimum atomic E-state index is -4.54. The van der Waals surface area contributed by atoms with E-state index >= 15 is 0 Å². The van der Waals surface area contributed by atoms with Gasteiger partial charge in [0.05, 0.1) is 6.04 Å². The van der Waals surface area contributed by atoms with Crippen LogP contribution < -0.4 is 0 Å². The molecule has 120 valence electrons. The van der Waals surface area contributed by atoms with Crippen LogP contribution in [0.25, 0.3) is 0 Å². The van der Waals surface area contributed by atoms with Crippen molar-refractivity contribution in [3.63, 3.8) is 0 Å². The van der Waals surface area contributed by atoms with Gasteiger partial charge in [-0.3, -0.25) is 9.69 Å². The normalized spacial score (nSPS) is 31.0. The summed E-state index contributed by atoms with van der Waals surface area (Å²) in [4.78, 5) is 16.3. The van der Waals surface area contributed by atoms with Crippen LogP contribution in [0.15, 0.2) is 0 Å². The number of hydrogen-bond donors (Lipinski definition) is 1. The highest BCUT2D eigenvalue weighted by atomic mass is 19.4. The Kier molecular flexibility index (Phi) is 3.90. The molecule has 2 saturated heterocycles. The van der Waals surface area contributed by atoms with E-state index < -0.39 is 18.2 Å². The van der Waals surface area contributed by atoms with E-state index in [1.807, 2.05) is 9.80 Å². The van der Waals surface area contributed by atoms with Crippen LogP contribution in [-0.2, 0) is 4.79 Å². The molecular weight excluding hydrogens is 285 g/mol. The van der Waals surface area contributed by atoms with Crippen molar-refractivity contribution in [1.82, 2.24) is 9.80 Å². The van der Waals surface area contributed by atoms with Gasteiger partial charge in [-0.05, 0) is 51.1 Å². The molecule has 2 unspecified atom stereocenters. The lowest BCUT2D eigenvalue weighted by molar-refractivity contribution is -0.223. The second-order valence-corrected chi connectivity index (χ2v) is 6.43. The molecule has 0 bridgehead atoms. The summed E-state index contributed by atoms with van der Waals surface area (Å²) in [6, 6.07) is 0.252. The first kappa shape index (κ1) is 15.1. The fourth-order valence-electron chi connectivity index (χ4n) is 3.59. The number of amides is 1. The van der Waals surface area contributed by atoms with Crippen LogP contribution in [0.4, 0.5) is 13.2 Å². The molecule has 2 heterocycles. The maximum absolute atomic E-state index is 12.5. The van der Waals surface area contributed by atoms with Gasteiger partial charge in [0.25, 0.3) is 0 Å². The lowest BCUT2D eigenvalue weighted by Gasteiger charge is -2.37. The smallest absolute Gasteiger partial charge is 0.383 e. The molecule has 7 heteroatoms. The van der Waals surface area contributed by atoms with E-state index in [-0.39, 0.29) is 11.9 Å². The second-order valence-electron chi connectivity index (χ2n) is 6.43. The summed E-state index contributed by atoms with van der Waals surface area (Å²) in [6.07, 6.45) is -3.24. The van der Waals surface area contributed by atoms with Gasteiger partial charge in [-0.1, -0.05) is 0 Å². The number of carbonyl (C=O) groups is 1. The van der Waals surface area contributed by atoms with Gasteiger partial charge in [0.15, 0.2) is 6.10 Å². The number of nitrogens with zero attached hydrogens (tertiary/aromatic N) is 2. The molecular formula is C14H21F3N2O2. The first-order chi connectivity index (χ1) is 9.88. The molecule has 3 aliphatic rings.